The lowest BCUT2D eigenvalue weighted by atomic mass is 10.1. The molecule has 0 aliphatic heterocycles. The number of carbonyl (C=O) groups is 1. The third kappa shape index (κ3) is 4.16. The number of amides is 1. The van der Waals surface area contributed by atoms with Crippen molar-refractivity contribution in [3.05, 3.63) is 29.0 Å². The SMILES string of the molecule is CC(CC(N)=O)NC(C)c1ccc(Cl)nc1. The van der Waals surface area contributed by atoms with E-state index in [-0.39, 0.29) is 18.0 Å². The van der Waals surface area contributed by atoms with Gasteiger partial charge in [0.25, 0.3) is 0 Å². The van der Waals surface area contributed by atoms with Crippen molar-refractivity contribution in [3.8, 4) is 0 Å². The molecule has 1 rings (SSSR count). The molecule has 2 atom stereocenters. The van der Waals surface area contributed by atoms with Gasteiger partial charge in [-0.1, -0.05) is 17.7 Å². The van der Waals surface area contributed by atoms with Gasteiger partial charge in [-0.05, 0) is 25.5 Å². The summed E-state index contributed by atoms with van der Waals surface area (Å²) in [6.07, 6.45) is 2.04. The van der Waals surface area contributed by atoms with Gasteiger partial charge in [-0.25, -0.2) is 4.98 Å². The lowest BCUT2D eigenvalue weighted by Gasteiger charge is -2.19. The van der Waals surface area contributed by atoms with E-state index in [4.69, 9.17) is 17.3 Å². The molecule has 3 N–H and O–H groups in total. The largest absolute Gasteiger partial charge is 0.370 e. The number of aromatic nitrogens is 1. The molecule has 88 valence electrons. The summed E-state index contributed by atoms with van der Waals surface area (Å²) in [5.41, 5.74) is 6.15. The Bertz CT molecular complexity index is 353. The highest BCUT2D eigenvalue weighted by molar-refractivity contribution is 6.29. The van der Waals surface area contributed by atoms with Crippen molar-refractivity contribution in [2.45, 2.75) is 32.4 Å². The van der Waals surface area contributed by atoms with Crippen LogP contribution in [0.1, 0.15) is 31.9 Å². The lowest BCUT2D eigenvalue weighted by Crippen LogP contribution is -2.32. The normalized spacial score (nSPS) is 14.4. The summed E-state index contributed by atoms with van der Waals surface area (Å²) in [6, 6.07) is 3.81. The Hall–Kier alpha value is -1.13. The fourth-order valence-corrected chi connectivity index (χ4v) is 1.64. The standard InChI is InChI=1S/C11H16ClN3O/c1-7(5-11(13)16)15-8(2)9-3-4-10(12)14-6-9/h3-4,6-8,15H,5H2,1-2H3,(H2,13,16). The van der Waals surface area contributed by atoms with Crippen molar-refractivity contribution in [3.63, 3.8) is 0 Å². The molecule has 0 fully saturated rings. The predicted octanol–water partition coefficient (Wildman–Crippen LogP) is 1.65. The van der Waals surface area contributed by atoms with Crippen LogP contribution in [0.5, 0.6) is 0 Å². The number of hydrogen-bond acceptors (Lipinski definition) is 3. The molecule has 1 amide bonds. The third-order valence-electron chi connectivity index (χ3n) is 2.29. The molecule has 0 bridgehead atoms. The van der Waals surface area contributed by atoms with E-state index in [0.717, 1.165) is 5.56 Å². The third-order valence-corrected chi connectivity index (χ3v) is 2.52. The number of nitrogens with zero attached hydrogens (tertiary/aromatic N) is 1. The molecule has 5 heteroatoms. The van der Waals surface area contributed by atoms with E-state index in [2.05, 4.69) is 10.3 Å². The van der Waals surface area contributed by atoms with Gasteiger partial charge in [0, 0.05) is 24.7 Å². The summed E-state index contributed by atoms with van der Waals surface area (Å²) in [4.78, 5) is 14.7. The number of nitrogens with one attached hydrogen (secondary N) is 1. The lowest BCUT2D eigenvalue weighted by molar-refractivity contribution is -0.118. The van der Waals surface area contributed by atoms with Crippen molar-refractivity contribution in [2.24, 2.45) is 5.73 Å². The van der Waals surface area contributed by atoms with Crippen LogP contribution in [0.3, 0.4) is 0 Å². The summed E-state index contributed by atoms with van der Waals surface area (Å²) in [5.74, 6) is -0.304. The average molecular weight is 242 g/mol. The number of halogens is 1. The van der Waals surface area contributed by atoms with Crippen molar-refractivity contribution < 1.29 is 4.79 Å². The summed E-state index contributed by atoms with van der Waals surface area (Å²) >= 11 is 5.70. The van der Waals surface area contributed by atoms with Crippen LogP contribution < -0.4 is 11.1 Å². The van der Waals surface area contributed by atoms with Crippen LogP contribution in [0.4, 0.5) is 0 Å². The van der Waals surface area contributed by atoms with Gasteiger partial charge in [-0.2, -0.15) is 0 Å². The topological polar surface area (TPSA) is 68.0 Å². The molecule has 0 aliphatic carbocycles. The maximum absolute atomic E-state index is 10.7. The molecule has 4 nitrogen and oxygen atoms in total. The van der Waals surface area contributed by atoms with Crippen LogP contribution in [-0.2, 0) is 4.79 Å². The fraction of sp³-hybridized carbons (Fsp3) is 0.455. The molecule has 0 aliphatic rings. The summed E-state index contributed by atoms with van der Waals surface area (Å²) < 4.78 is 0. The van der Waals surface area contributed by atoms with E-state index >= 15 is 0 Å². The van der Waals surface area contributed by atoms with Crippen LogP contribution in [0, 0.1) is 0 Å². The molecule has 2 unspecified atom stereocenters. The zero-order valence-electron chi connectivity index (χ0n) is 9.40. The number of carbonyl (C=O) groups excluding carboxylic acids is 1. The monoisotopic (exact) mass is 241 g/mol. The zero-order valence-corrected chi connectivity index (χ0v) is 10.2. The summed E-state index contributed by atoms with van der Waals surface area (Å²) in [7, 11) is 0. The van der Waals surface area contributed by atoms with Gasteiger partial charge >= 0.3 is 0 Å². The summed E-state index contributed by atoms with van der Waals surface area (Å²) in [5, 5.41) is 3.74. The Morgan fingerprint density at radius 3 is 2.75 bits per heavy atom. The number of hydrogen-bond donors (Lipinski definition) is 2. The van der Waals surface area contributed by atoms with Crippen molar-refractivity contribution >= 4 is 17.5 Å². The van der Waals surface area contributed by atoms with Crippen LogP contribution >= 0.6 is 11.6 Å². The molecule has 0 aromatic carbocycles. The van der Waals surface area contributed by atoms with E-state index in [1.165, 1.54) is 0 Å². The van der Waals surface area contributed by atoms with Gasteiger partial charge in [0.05, 0.1) is 0 Å². The Balaban J connectivity index is 2.54. The molecule has 1 aromatic rings. The number of rotatable bonds is 5. The second-order valence-electron chi connectivity index (χ2n) is 3.87. The zero-order chi connectivity index (χ0) is 12.1. The highest BCUT2D eigenvalue weighted by atomic mass is 35.5. The minimum absolute atomic E-state index is 0.0446. The second-order valence-corrected chi connectivity index (χ2v) is 4.26. The molecule has 1 aromatic heterocycles. The minimum Gasteiger partial charge on any atom is -0.370 e. The second kappa shape index (κ2) is 5.82. The first-order chi connectivity index (χ1) is 7.49. The van der Waals surface area contributed by atoms with Crippen molar-refractivity contribution in [1.82, 2.24) is 10.3 Å². The van der Waals surface area contributed by atoms with Crippen molar-refractivity contribution in [1.29, 1.82) is 0 Å². The van der Waals surface area contributed by atoms with Crippen LogP contribution in [-0.4, -0.2) is 16.9 Å². The molecule has 1 heterocycles. The first-order valence-electron chi connectivity index (χ1n) is 5.15. The molecule has 0 spiro atoms. The van der Waals surface area contributed by atoms with Gasteiger partial charge in [0.2, 0.25) is 5.91 Å². The highest BCUT2D eigenvalue weighted by Gasteiger charge is 2.11. The number of pyridine rings is 1. The Morgan fingerprint density at radius 1 is 1.56 bits per heavy atom. The van der Waals surface area contributed by atoms with E-state index in [9.17, 15) is 4.79 Å². The smallest absolute Gasteiger partial charge is 0.218 e. The van der Waals surface area contributed by atoms with Gasteiger partial charge in [-0.3, -0.25) is 4.79 Å². The molecular formula is C11H16ClN3O. The van der Waals surface area contributed by atoms with Crippen LogP contribution in [0.25, 0.3) is 0 Å². The number of nitrogens with two attached hydrogens (primary N) is 1. The molecule has 0 saturated carbocycles. The van der Waals surface area contributed by atoms with E-state index in [1.54, 1.807) is 12.3 Å². The van der Waals surface area contributed by atoms with Crippen LogP contribution in [0.15, 0.2) is 18.3 Å². The van der Waals surface area contributed by atoms with E-state index < -0.39 is 0 Å². The maximum Gasteiger partial charge on any atom is 0.218 e. The Labute approximate surface area is 100 Å². The predicted molar refractivity (Wildman–Crippen MR) is 64.1 cm³/mol. The highest BCUT2D eigenvalue weighted by Crippen LogP contribution is 2.14. The van der Waals surface area contributed by atoms with Gasteiger partial charge in [-0.15, -0.1) is 0 Å². The Morgan fingerprint density at radius 2 is 2.25 bits per heavy atom. The van der Waals surface area contributed by atoms with E-state index in [1.807, 2.05) is 19.9 Å². The first-order valence-corrected chi connectivity index (χ1v) is 5.52. The average Bonchev–Trinajstić information content (AvgIpc) is 2.16. The summed E-state index contributed by atoms with van der Waals surface area (Å²) in [6.45, 7) is 3.92. The molecule has 16 heavy (non-hydrogen) atoms. The van der Waals surface area contributed by atoms with Crippen molar-refractivity contribution in [2.75, 3.05) is 0 Å². The number of primary amides is 1. The van der Waals surface area contributed by atoms with Gasteiger partial charge in [0.1, 0.15) is 5.15 Å². The maximum atomic E-state index is 10.7. The fourth-order valence-electron chi connectivity index (χ4n) is 1.53. The molecule has 0 radical (unpaired) electrons. The first kappa shape index (κ1) is 12.9. The van der Waals surface area contributed by atoms with Gasteiger partial charge < -0.3 is 11.1 Å². The molecule has 0 saturated heterocycles. The van der Waals surface area contributed by atoms with E-state index in [0.29, 0.717) is 11.6 Å². The quantitative estimate of drug-likeness (QED) is 0.771. The van der Waals surface area contributed by atoms with Gasteiger partial charge in [0.15, 0.2) is 0 Å². The minimum atomic E-state index is -0.304. The molecular weight excluding hydrogens is 226 g/mol. The van der Waals surface area contributed by atoms with Crippen LogP contribution in [0.2, 0.25) is 5.15 Å². The Kier molecular flexibility index (Phi) is 4.71.